The highest BCUT2D eigenvalue weighted by Crippen LogP contribution is 2.25. The van der Waals surface area contributed by atoms with Crippen molar-refractivity contribution >= 4 is 38.7 Å². The molecule has 0 radical (unpaired) electrons. The molecule has 0 spiro atoms. The molecule has 0 N–H and O–H groups in total. The molecule has 6 heteroatoms. The molecule has 0 fully saturated rings. The Balaban J connectivity index is 2.02. The van der Waals surface area contributed by atoms with E-state index in [1.165, 1.54) is 24.5 Å². The number of pyridine rings is 2. The average molecular weight is 368 g/mol. The van der Waals surface area contributed by atoms with Gasteiger partial charge < -0.3 is 4.42 Å². The Morgan fingerprint density at radius 2 is 1.54 bits per heavy atom. The number of fused-ring (bicyclic) bond motifs is 4. The largest absolute Gasteiger partial charge is 0.455 e. The molecule has 0 saturated carbocycles. The van der Waals surface area contributed by atoms with Gasteiger partial charge in [0, 0.05) is 23.3 Å². The molecule has 0 saturated heterocycles. The first-order valence-corrected chi connectivity index (χ1v) is 8.61. The van der Waals surface area contributed by atoms with E-state index in [1.807, 2.05) is 0 Å². The number of carbonyl (C=O) groups is 1. The Hall–Kier alpha value is -4.06. The molecular formula is C22H12N2O4. The van der Waals surface area contributed by atoms with Gasteiger partial charge in [-0.1, -0.05) is 24.3 Å². The molecule has 0 aliphatic rings. The highest BCUT2D eigenvalue weighted by molar-refractivity contribution is 6.10. The third-order valence-corrected chi connectivity index (χ3v) is 4.73. The molecule has 0 amide bonds. The Morgan fingerprint density at radius 1 is 0.857 bits per heavy atom. The van der Waals surface area contributed by atoms with Crippen LogP contribution >= 0.6 is 0 Å². The van der Waals surface area contributed by atoms with Crippen LogP contribution in [0.1, 0.15) is 10.4 Å². The van der Waals surface area contributed by atoms with Crippen LogP contribution in [0.15, 0.2) is 87.1 Å². The zero-order valence-corrected chi connectivity index (χ0v) is 14.5. The molecule has 28 heavy (non-hydrogen) atoms. The second-order valence-corrected chi connectivity index (χ2v) is 6.33. The van der Waals surface area contributed by atoms with E-state index in [2.05, 4.69) is 4.98 Å². The van der Waals surface area contributed by atoms with Gasteiger partial charge in [0.05, 0.1) is 10.9 Å². The van der Waals surface area contributed by atoms with Crippen molar-refractivity contribution in [2.24, 2.45) is 0 Å². The molecule has 3 heterocycles. The van der Waals surface area contributed by atoms with E-state index in [9.17, 15) is 14.4 Å². The van der Waals surface area contributed by atoms with Crippen LogP contribution in [-0.2, 0) is 0 Å². The summed E-state index contributed by atoms with van der Waals surface area (Å²) in [6.45, 7) is 0. The van der Waals surface area contributed by atoms with Gasteiger partial charge in [-0.25, -0.2) is 4.57 Å². The van der Waals surface area contributed by atoms with Crippen molar-refractivity contribution in [3.05, 3.63) is 99.2 Å². The van der Waals surface area contributed by atoms with Crippen molar-refractivity contribution in [1.29, 1.82) is 0 Å². The SMILES string of the molecule is O=C(c1ccncc1)n1c(=O)c2c(=O)c3ccccc3oc2c2ccccc21. The molecule has 0 atom stereocenters. The monoisotopic (exact) mass is 368 g/mol. The third kappa shape index (κ3) is 2.21. The fraction of sp³-hybridized carbons (Fsp3) is 0. The molecule has 134 valence electrons. The van der Waals surface area contributed by atoms with Crippen LogP contribution in [-0.4, -0.2) is 15.5 Å². The maximum Gasteiger partial charge on any atom is 0.273 e. The Labute approximate surface area is 157 Å². The van der Waals surface area contributed by atoms with Gasteiger partial charge in [-0.15, -0.1) is 0 Å². The van der Waals surface area contributed by atoms with Crippen LogP contribution in [0.25, 0.3) is 32.8 Å². The van der Waals surface area contributed by atoms with Crippen molar-refractivity contribution in [2.75, 3.05) is 0 Å². The van der Waals surface area contributed by atoms with Crippen molar-refractivity contribution in [3.63, 3.8) is 0 Å². The summed E-state index contributed by atoms with van der Waals surface area (Å²) in [4.78, 5) is 43.4. The van der Waals surface area contributed by atoms with Gasteiger partial charge >= 0.3 is 0 Å². The maximum absolute atomic E-state index is 13.3. The summed E-state index contributed by atoms with van der Waals surface area (Å²) in [5.74, 6) is -0.530. The van der Waals surface area contributed by atoms with Gasteiger partial charge in [0.15, 0.2) is 5.58 Å². The van der Waals surface area contributed by atoms with E-state index in [-0.39, 0.29) is 11.0 Å². The predicted molar refractivity (Wildman–Crippen MR) is 106 cm³/mol. The van der Waals surface area contributed by atoms with Crippen molar-refractivity contribution in [3.8, 4) is 0 Å². The Bertz CT molecular complexity index is 1520. The van der Waals surface area contributed by atoms with Crippen molar-refractivity contribution in [1.82, 2.24) is 9.55 Å². The normalized spacial score (nSPS) is 11.3. The Kier molecular flexibility index (Phi) is 3.45. The average Bonchev–Trinajstić information content (AvgIpc) is 2.74. The molecule has 0 aliphatic heterocycles. The summed E-state index contributed by atoms with van der Waals surface area (Å²) in [5.41, 5.74) is 0.0942. The van der Waals surface area contributed by atoms with Crippen LogP contribution in [0.3, 0.4) is 0 Å². The van der Waals surface area contributed by atoms with Crippen LogP contribution in [0.4, 0.5) is 0 Å². The highest BCUT2D eigenvalue weighted by Gasteiger charge is 2.21. The molecule has 0 unspecified atom stereocenters. The summed E-state index contributed by atoms with van der Waals surface area (Å²) < 4.78 is 6.95. The molecule has 6 nitrogen and oxygen atoms in total. The minimum absolute atomic E-state index is 0.139. The van der Waals surface area contributed by atoms with Gasteiger partial charge in [0.25, 0.3) is 11.5 Å². The van der Waals surface area contributed by atoms with Crippen LogP contribution in [0.2, 0.25) is 0 Å². The molecule has 0 aliphatic carbocycles. The lowest BCUT2D eigenvalue weighted by molar-refractivity contribution is 0.0961. The smallest absolute Gasteiger partial charge is 0.273 e. The summed E-state index contributed by atoms with van der Waals surface area (Å²) in [7, 11) is 0. The van der Waals surface area contributed by atoms with Gasteiger partial charge in [-0.3, -0.25) is 19.4 Å². The molecule has 3 aromatic heterocycles. The van der Waals surface area contributed by atoms with Gasteiger partial charge in [-0.05, 0) is 36.4 Å². The second kappa shape index (κ2) is 5.99. The lowest BCUT2D eigenvalue weighted by atomic mass is 10.1. The van der Waals surface area contributed by atoms with Crippen molar-refractivity contribution < 1.29 is 9.21 Å². The van der Waals surface area contributed by atoms with E-state index in [4.69, 9.17) is 4.42 Å². The van der Waals surface area contributed by atoms with Crippen LogP contribution in [0.5, 0.6) is 0 Å². The first-order valence-electron chi connectivity index (χ1n) is 8.61. The van der Waals surface area contributed by atoms with Gasteiger partial charge in [0.2, 0.25) is 5.43 Å². The number of benzene rings is 2. The zero-order chi connectivity index (χ0) is 19.3. The van der Waals surface area contributed by atoms with E-state index in [0.29, 0.717) is 27.4 Å². The predicted octanol–water partition coefficient (Wildman–Crippen LogP) is 3.34. The van der Waals surface area contributed by atoms with Crippen molar-refractivity contribution in [2.45, 2.75) is 0 Å². The summed E-state index contributed by atoms with van der Waals surface area (Å²) >= 11 is 0. The standard InChI is InChI=1S/C22H12N2O4/c25-19-15-6-2-4-8-17(15)28-20-14-5-1-3-7-16(14)24(22(27)18(19)20)21(26)13-9-11-23-12-10-13/h1-12H. The highest BCUT2D eigenvalue weighted by atomic mass is 16.3. The lowest BCUT2D eigenvalue weighted by Crippen LogP contribution is -2.30. The molecular weight excluding hydrogens is 356 g/mol. The number of hydrogen-bond acceptors (Lipinski definition) is 5. The number of aromatic nitrogens is 2. The van der Waals surface area contributed by atoms with E-state index < -0.39 is 16.9 Å². The van der Waals surface area contributed by atoms with E-state index in [1.54, 1.807) is 48.5 Å². The number of rotatable bonds is 1. The summed E-state index contributed by atoms with van der Waals surface area (Å²) in [6.07, 6.45) is 2.95. The first-order chi connectivity index (χ1) is 13.7. The van der Waals surface area contributed by atoms with Gasteiger partial charge in [0.1, 0.15) is 11.0 Å². The lowest BCUT2D eigenvalue weighted by Gasteiger charge is -2.11. The molecule has 5 rings (SSSR count). The van der Waals surface area contributed by atoms with Crippen LogP contribution in [0, 0.1) is 0 Å². The quantitative estimate of drug-likeness (QED) is 0.335. The number of para-hydroxylation sites is 2. The third-order valence-electron chi connectivity index (χ3n) is 4.73. The summed E-state index contributed by atoms with van der Waals surface area (Å²) in [6, 6.07) is 16.7. The molecule has 5 aromatic rings. The number of nitrogens with zero attached hydrogens (tertiary/aromatic N) is 2. The number of hydrogen-bond donors (Lipinski definition) is 0. The second-order valence-electron chi connectivity index (χ2n) is 6.33. The minimum atomic E-state index is -0.699. The fourth-order valence-corrected chi connectivity index (χ4v) is 3.43. The van der Waals surface area contributed by atoms with Crippen LogP contribution < -0.4 is 11.0 Å². The minimum Gasteiger partial charge on any atom is -0.455 e. The van der Waals surface area contributed by atoms with Gasteiger partial charge in [-0.2, -0.15) is 0 Å². The molecule has 0 bridgehead atoms. The molecule has 2 aromatic carbocycles. The topological polar surface area (TPSA) is 82.2 Å². The Morgan fingerprint density at radius 3 is 2.32 bits per heavy atom. The van der Waals surface area contributed by atoms with E-state index >= 15 is 0 Å². The first kappa shape index (κ1) is 16.1. The fourth-order valence-electron chi connectivity index (χ4n) is 3.43. The maximum atomic E-state index is 13.3. The zero-order valence-electron chi connectivity index (χ0n) is 14.5. The van der Waals surface area contributed by atoms with E-state index in [0.717, 1.165) is 4.57 Å². The number of carbonyl (C=O) groups excluding carboxylic acids is 1. The summed E-state index contributed by atoms with van der Waals surface area (Å²) in [5, 5.41) is 0.674.